The fraction of sp³-hybridized carbons (Fsp3) is 0.312. The number of carbonyl (C=O) groups excluding carboxylic acids is 2. The van der Waals surface area contributed by atoms with Gasteiger partial charge in [0, 0.05) is 13.0 Å². The van der Waals surface area contributed by atoms with Gasteiger partial charge >= 0.3 is 12.0 Å². The summed E-state index contributed by atoms with van der Waals surface area (Å²) in [5, 5.41) is 2.74. The molecule has 2 aromatic rings. The van der Waals surface area contributed by atoms with Crippen molar-refractivity contribution in [1.82, 2.24) is 20.2 Å². The summed E-state index contributed by atoms with van der Waals surface area (Å²) in [6.45, 7) is 0.476. The quantitative estimate of drug-likeness (QED) is 0.831. The van der Waals surface area contributed by atoms with E-state index in [2.05, 4.69) is 15.3 Å². The molecule has 0 spiro atoms. The number of methoxy groups -OCH3 is 1. The predicted octanol–water partition coefficient (Wildman–Crippen LogP) is 1.36. The van der Waals surface area contributed by atoms with E-state index in [1.165, 1.54) is 24.1 Å². The minimum Gasteiger partial charge on any atom is -0.467 e. The Morgan fingerprint density at radius 2 is 2.17 bits per heavy atom. The van der Waals surface area contributed by atoms with Gasteiger partial charge in [0.05, 0.1) is 31.4 Å². The highest BCUT2D eigenvalue weighted by Gasteiger charge is 2.36. The lowest BCUT2D eigenvalue weighted by Crippen LogP contribution is -2.52. The van der Waals surface area contributed by atoms with Crippen molar-refractivity contribution in [3.63, 3.8) is 0 Å². The van der Waals surface area contributed by atoms with Crippen LogP contribution >= 0.6 is 0 Å². The zero-order valence-corrected chi connectivity index (χ0v) is 13.1. The van der Waals surface area contributed by atoms with Crippen molar-refractivity contribution < 1.29 is 18.7 Å². The van der Waals surface area contributed by atoms with E-state index in [-0.39, 0.29) is 18.9 Å². The van der Waals surface area contributed by atoms with Crippen LogP contribution in [0.3, 0.4) is 0 Å². The van der Waals surface area contributed by atoms with E-state index in [0.29, 0.717) is 6.42 Å². The van der Waals surface area contributed by atoms with Crippen molar-refractivity contribution in [2.45, 2.75) is 25.6 Å². The first kappa shape index (κ1) is 16.0. The molecule has 2 N–H and O–H groups in total. The second kappa shape index (κ2) is 6.69. The molecule has 1 aromatic carbocycles. The molecule has 0 radical (unpaired) electrons. The fourth-order valence-electron chi connectivity index (χ4n) is 2.68. The molecule has 0 bridgehead atoms. The molecule has 0 saturated heterocycles. The molecule has 1 atom stereocenters. The Bertz CT molecular complexity index is 744. The van der Waals surface area contributed by atoms with Gasteiger partial charge in [-0.25, -0.2) is 19.0 Å². The Labute approximate surface area is 137 Å². The van der Waals surface area contributed by atoms with Crippen LogP contribution in [-0.4, -0.2) is 40.0 Å². The summed E-state index contributed by atoms with van der Waals surface area (Å²) in [7, 11) is 1.29. The van der Waals surface area contributed by atoms with Crippen LogP contribution in [0.25, 0.3) is 0 Å². The lowest BCUT2D eigenvalue weighted by atomic mass is 10.0. The largest absolute Gasteiger partial charge is 0.467 e. The summed E-state index contributed by atoms with van der Waals surface area (Å²) in [6.07, 6.45) is 1.84. The number of benzene rings is 1. The fourth-order valence-corrected chi connectivity index (χ4v) is 2.68. The number of halogens is 1. The topological polar surface area (TPSA) is 87.3 Å². The van der Waals surface area contributed by atoms with E-state index in [9.17, 15) is 14.0 Å². The zero-order chi connectivity index (χ0) is 17.1. The molecule has 0 saturated carbocycles. The van der Waals surface area contributed by atoms with Gasteiger partial charge < -0.3 is 19.9 Å². The van der Waals surface area contributed by atoms with Gasteiger partial charge in [0.25, 0.3) is 0 Å². The molecule has 24 heavy (non-hydrogen) atoms. The first-order valence-corrected chi connectivity index (χ1v) is 7.46. The first-order valence-electron chi connectivity index (χ1n) is 7.46. The van der Waals surface area contributed by atoms with Crippen molar-refractivity contribution in [3.8, 4) is 0 Å². The summed E-state index contributed by atoms with van der Waals surface area (Å²) in [4.78, 5) is 33.0. The van der Waals surface area contributed by atoms with Crippen molar-refractivity contribution in [1.29, 1.82) is 0 Å². The summed E-state index contributed by atoms with van der Waals surface area (Å²) in [5.41, 5.74) is 2.32. The maximum absolute atomic E-state index is 12.9. The van der Waals surface area contributed by atoms with Crippen LogP contribution in [0.15, 0.2) is 30.6 Å². The van der Waals surface area contributed by atoms with Gasteiger partial charge in [-0.05, 0) is 17.7 Å². The third kappa shape index (κ3) is 3.22. The smallest absolute Gasteiger partial charge is 0.329 e. The van der Waals surface area contributed by atoms with Gasteiger partial charge in [0.1, 0.15) is 11.9 Å². The van der Waals surface area contributed by atoms with Crippen LogP contribution in [0.4, 0.5) is 9.18 Å². The monoisotopic (exact) mass is 332 g/mol. The standard InChI is InChI=1S/C16H17FN4O3/c1-24-15(22)14-6-12-13(20-9-19-12)8-21(14)16(23)18-7-10-2-4-11(17)5-3-10/h2-5,9,14H,6-8H2,1H3,(H,18,23)(H,19,20). The highest BCUT2D eigenvalue weighted by Crippen LogP contribution is 2.21. The van der Waals surface area contributed by atoms with Crippen LogP contribution in [0.2, 0.25) is 0 Å². The number of amides is 2. The molecule has 1 aliphatic heterocycles. The van der Waals surface area contributed by atoms with Crippen molar-refractivity contribution in [2.75, 3.05) is 7.11 Å². The molecule has 0 aliphatic carbocycles. The molecule has 7 nitrogen and oxygen atoms in total. The van der Waals surface area contributed by atoms with Crippen LogP contribution in [0.1, 0.15) is 17.0 Å². The Balaban J connectivity index is 1.71. The van der Waals surface area contributed by atoms with Crippen LogP contribution in [0.5, 0.6) is 0 Å². The van der Waals surface area contributed by atoms with E-state index in [1.807, 2.05) is 0 Å². The molecule has 0 fully saturated rings. The summed E-state index contributed by atoms with van der Waals surface area (Å²) in [6, 6.07) is 4.73. The number of aromatic amines is 1. The second-order valence-electron chi connectivity index (χ2n) is 5.48. The number of hydrogen-bond acceptors (Lipinski definition) is 4. The lowest BCUT2D eigenvalue weighted by molar-refractivity contribution is -0.146. The third-order valence-electron chi connectivity index (χ3n) is 3.99. The Morgan fingerprint density at radius 1 is 1.42 bits per heavy atom. The van der Waals surface area contributed by atoms with E-state index < -0.39 is 18.0 Å². The molecule has 1 aromatic heterocycles. The molecule has 8 heteroatoms. The van der Waals surface area contributed by atoms with E-state index in [4.69, 9.17) is 4.74 Å². The number of rotatable bonds is 3. The number of nitrogens with zero attached hydrogens (tertiary/aromatic N) is 2. The normalized spacial score (nSPS) is 16.4. The molecule has 126 valence electrons. The Kier molecular flexibility index (Phi) is 4.45. The average molecular weight is 332 g/mol. The van der Waals surface area contributed by atoms with E-state index >= 15 is 0 Å². The number of imidazole rings is 1. The number of hydrogen-bond donors (Lipinski definition) is 2. The van der Waals surface area contributed by atoms with E-state index in [1.54, 1.807) is 18.5 Å². The van der Waals surface area contributed by atoms with E-state index in [0.717, 1.165) is 17.0 Å². The molecule has 1 unspecified atom stereocenters. The van der Waals surface area contributed by atoms with Crippen molar-refractivity contribution in [3.05, 3.63) is 53.4 Å². The van der Waals surface area contributed by atoms with Gasteiger partial charge in [-0.1, -0.05) is 12.1 Å². The maximum Gasteiger partial charge on any atom is 0.329 e. The molecule has 3 rings (SSSR count). The van der Waals surface area contributed by atoms with Crippen LogP contribution in [0, 0.1) is 5.82 Å². The van der Waals surface area contributed by atoms with Gasteiger partial charge in [-0.2, -0.15) is 0 Å². The van der Waals surface area contributed by atoms with Gasteiger partial charge in [-0.15, -0.1) is 0 Å². The van der Waals surface area contributed by atoms with Crippen LogP contribution < -0.4 is 5.32 Å². The summed E-state index contributed by atoms with van der Waals surface area (Å²) < 4.78 is 17.7. The highest BCUT2D eigenvalue weighted by atomic mass is 19.1. The molecular formula is C16H17FN4O3. The van der Waals surface area contributed by atoms with Gasteiger partial charge in [-0.3, -0.25) is 0 Å². The Morgan fingerprint density at radius 3 is 2.88 bits per heavy atom. The maximum atomic E-state index is 12.9. The molecular weight excluding hydrogens is 315 g/mol. The number of aromatic nitrogens is 2. The number of ether oxygens (including phenoxy) is 1. The van der Waals surface area contributed by atoms with Crippen molar-refractivity contribution in [2.24, 2.45) is 0 Å². The summed E-state index contributed by atoms with van der Waals surface area (Å²) >= 11 is 0. The molecule has 2 heterocycles. The summed E-state index contributed by atoms with van der Waals surface area (Å²) in [5.74, 6) is -0.820. The number of fused-ring (bicyclic) bond motifs is 1. The lowest BCUT2D eigenvalue weighted by Gasteiger charge is -2.33. The second-order valence-corrected chi connectivity index (χ2v) is 5.48. The Hall–Kier alpha value is -2.90. The van der Waals surface area contributed by atoms with Gasteiger partial charge in [0.15, 0.2) is 0 Å². The van der Waals surface area contributed by atoms with Crippen LogP contribution in [-0.2, 0) is 29.0 Å². The number of H-pyrrole nitrogens is 1. The highest BCUT2D eigenvalue weighted by molar-refractivity contribution is 5.84. The zero-order valence-electron chi connectivity index (χ0n) is 13.1. The van der Waals surface area contributed by atoms with Crippen molar-refractivity contribution >= 4 is 12.0 Å². The minimum absolute atomic E-state index is 0.235. The third-order valence-corrected chi connectivity index (χ3v) is 3.99. The average Bonchev–Trinajstić information content (AvgIpc) is 3.06. The predicted molar refractivity (Wildman–Crippen MR) is 82.3 cm³/mol. The first-order chi connectivity index (χ1) is 11.6. The number of esters is 1. The molecule has 1 aliphatic rings. The van der Waals surface area contributed by atoms with Gasteiger partial charge in [0.2, 0.25) is 0 Å². The molecule has 2 amide bonds. The number of carbonyl (C=O) groups is 2. The SMILES string of the molecule is COC(=O)C1Cc2nc[nH]c2CN1C(=O)NCc1ccc(F)cc1. The minimum atomic E-state index is -0.723. The number of nitrogens with one attached hydrogen (secondary N) is 2. The number of urea groups is 1.